The Morgan fingerprint density at radius 3 is 2.40 bits per heavy atom. The molecule has 0 spiro atoms. The summed E-state index contributed by atoms with van der Waals surface area (Å²) in [4.78, 5) is 39.6. The second-order valence-electron chi connectivity index (χ2n) is 10.1. The van der Waals surface area contributed by atoms with Crippen LogP contribution in [-0.4, -0.2) is 75.0 Å². The number of fused-ring (bicyclic) bond motifs is 3. The molecule has 2 aliphatic carbocycles. The van der Waals surface area contributed by atoms with E-state index in [9.17, 15) is 34.8 Å². The molecule has 0 radical (unpaired) electrons. The second kappa shape index (κ2) is 12.2. The Morgan fingerprint density at radius 1 is 1.15 bits per heavy atom. The molecule has 0 bridgehead atoms. The molecular weight excluding hydrogens is 619 g/mol. The van der Waals surface area contributed by atoms with Crippen LogP contribution in [0.15, 0.2) is 18.2 Å². The molecule has 3 aliphatic rings. The Bertz CT molecular complexity index is 1380. The van der Waals surface area contributed by atoms with E-state index in [0.29, 0.717) is 0 Å². The maximum atomic E-state index is 13.6. The van der Waals surface area contributed by atoms with Gasteiger partial charge in [-0.05, 0) is 19.9 Å². The first-order valence-corrected chi connectivity index (χ1v) is 12.2. The number of Topliss-reactive ketones (excluding diaryl/α,β-unsaturated/α-hetero) is 1. The molecule has 6 N–H and O–H groups in total. The van der Waals surface area contributed by atoms with Gasteiger partial charge in [-0.2, -0.15) is 0 Å². The first kappa shape index (κ1) is 33.2. The van der Waals surface area contributed by atoms with Crippen molar-refractivity contribution in [3.05, 3.63) is 51.6 Å². The van der Waals surface area contributed by atoms with Crippen LogP contribution in [0.2, 0.25) is 0 Å². The van der Waals surface area contributed by atoms with Gasteiger partial charge in [-0.1, -0.05) is 12.1 Å². The van der Waals surface area contributed by atoms with Crippen molar-refractivity contribution in [2.75, 3.05) is 7.11 Å². The van der Waals surface area contributed by atoms with Gasteiger partial charge in [0.15, 0.2) is 17.9 Å². The molecule has 4 unspecified atom stereocenters. The van der Waals surface area contributed by atoms with Crippen LogP contribution >= 0.6 is 12.4 Å². The number of hydrogen-bond donors (Lipinski definition) is 5. The molecule has 1 fully saturated rings. The molecule has 11 nitrogen and oxygen atoms in total. The minimum absolute atomic E-state index is 0. The number of benzene rings is 2. The maximum absolute atomic E-state index is 13.6. The topological polar surface area (TPSA) is 186 Å². The van der Waals surface area contributed by atoms with Gasteiger partial charge < -0.3 is 41.8 Å². The van der Waals surface area contributed by atoms with Crippen LogP contribution in [0.4, 0.5) is 0 Å². The van der Waals surface area contributed by atoms with Crippen LogP contribution in [0, 0.1) is 0 Å². The monoisotopic (exact) mass is 649 g/mol. The van der Waals surface area contributed by atoms with E-state index in [0.717, 1.165) is 0 Å². The standard InChI is InChI=1S/C27H29NO10.ClH.Rb.H/c1-10-22(30)14(28)7-17(37-10)38-16-9-27(35,11(2)29)8-13-19(16)26(34)21-20(24(13)32)23(31)12-5-4-6-15(36-3)18(12)25(21)33;;;/h4-6,10,14,16-17,22,30,32,34-35H,7-9,28H2,1-3H3;1H;;/q;;+1;-1/t10?,14?,16-,17?,22?,27-;;;/m0.../s1. The number of ether oxygens (including phenoxy) is 3. The van der Waals surface area contributed by atoms with Crippen LogP contribution in [0.3, 0.4) is 0 Å². The number of aliphatic hydroxyl groups is 2. The number of rotatable bonds is 4. The van der Waals surface area contributed by atoms with Gasteiger partial charge in [0, 0.05) is 42.0 Å². The SMILES string of the molecule is COc1cccc2c1C(=O)c1c(O)c3c(c(O)c1C2=O)C[C@@](O)(C(C)=O)C[C@@H]3OC1CC(N)C(O)C(C)O1.Cl.[H-].[Rb+]. The number of carbonyl (C=O) groups excluding carboxylic acids is 3. The average molecular weight is 650 g/mol. The van der Waals surface area contributed by atoms with Gasteiger partial charge in [0.05, 0.1) is 42.1 Å². The van der Waals surface area contributed by atoms with Crippen LogP contribution in [-0.2, 0) is 20.7 Å². The van der Waals surface area contributed by atoms with Gasteiger partial charge >= 0.3 is 58.2 Å². The largest absolute Gasteiger partial charge is 1.00 e. The molecule has 5 rings (SSSR count). The number of phenols is 2. The fourth-order valence-corrected chi connectivity index (χ4v) is 5.66. The summed E-state index contributed by atoms with van der Waals surface area (Å²) in [6.45, 7) is 2.79. The fourth-order valence-electron chi connectivity index (χ4n) is 5.66. The van der Waals surface area contributed by atoms with Crippen molar-refractivity contribution in [1.29, 1.82) is 0 Å². The Kier molecular flexibility index (Phi) is 10.1. The van der Waals surface area contributed by atoms with E-state index in [-0.39, 0.29) is 113 Å². The molecule has 1 aliphatic heterocycles. The molecule has 6 atom stereocenters. The predicted octanol–water partition coefficient (Wildman–Crippen LogP) is -1.43. The zero-order chi connectivity index (χ0) is 27.7. The molecule has 0 amide bonds. The van der Waals surface area contributed by atoms with Gasteiger partial charge in [0.2, 0.25) is 5.78 Å². The van der Waals surface area contributed by atoms with Gasteiger partial charge in [-0.25, -0.2) is 0 Å². The van der Waals surface area contributed by atoms with Gasteiger partial charge in [-0.15, -0.1) is 12.4 Å². The first-order chi connectivity index (χ1) is 17.9. The maximum Gasteiger partial charge on any atom is 1.00 e. The molecule has 0 saturated carbocycles. The van der Waals surface area contributed by atoms with E-state index >= 15 is 0 Å². The van der Waals surface area contributed by atoms with Crippen molar-refractivity contribution in [1.82, 2.24) is 0 Å². The third-order valence-corrected chi connectivity index (χ3v) is 7.80. The molecule has 212 valence electrons. The first-order valence-electron chi connectivity index (χ1n) is 12.2. The van der Waals surface area contributed by atoms with E-state index in [1.54, 1.807) is 6.92 Å². The predicted molar refractivity (Wildman–Crippen MR) is 139 cm³/mol. The number of aromatic hydroxyl groups is 2. The fraction of sp³-hybridized carbons (Fsp3) is 0.444. The summed E-state index contributed by atoms with van der Waals surface area (Å²) in [5.74, 6) is -3.18. The molecule has 1 heterocycles. The zero-order valence-corrected chi connectivity index (χ0v) is 28.2. The number of ketones is 3. The molecule has 0 aromatic heterocycles. The molecule has 2 aromatic rings. The minimum atomic E-state index is -2.00. The molecular formula is C27H31ClNO10Rb. The second-order valence-corrected chi connectivity index (χ2v) is 10.1. The van der Waals surface area contributed by atoms with Crippen LogP contribution < -0.4 is 68.7 Å². The van der Waals surface area contributed by atoms with Crippen LogP contribution in [0.5, 0.6) is 17.2 Å². The third kappa shape index (κ3) is 5.23. The summed E-state index contributed by atoms with van der Waals surface area (Å²) in [5.41, 5.74) is 2.97. The Morgan fingerprint density at radius 2 is 1.80 bits per heavy atom. The Hall–Kier alpha value is -1.25. The van der Waals surface area contributed by atoms with Crippen molar-refractivity contribution in [3.63, 3.8) is 0 Å². The number of halogens is 1. The molecule has 2 aromatic carbocycles. The third-order valence-electron chi connectivity index (χ3n) is 7.80. The summed E-state index contributed by atoms with van der Waals surface area (Å²) in [6.07, 6.45) is -4.53. The van der Waals surface area contributed by atoms with E-state index in [1.807, 2.05) is 0 Å². The van der Waals surface area contributed by atoms with Gasteiger partial charge in [0.25, 0.3) is 0 Å². The summed E-state index contributed by atoms with van der Waals surface area (Å²) in [5, 5.41) is 44.1. The summed E-state index contributed by atoms with van der Waals surface area (Å²) < 4.78 is 17.1. The summed E-state index contributed by atoms with van der Waals surface area (Å²) >= 11 is 0. The number of nitrogens with two attached hydrogens (primary N) is 1. The number of aliphatic hydroxyl groups excluding tert-OH is 1. The van der Waals surface area contributed by atoms with E-state index in [2.05, 4.69) is 0 Å². The van der Waals surface area contributed by atoms with Crippen molar-refractivity contribution in [2.24, 2.45) is 5.73 Å². The van der Waals surface area contributed by atoms with Crippen LogP contribution in [0.25, 0.3) is 0 Å². The minimum Gasteiger partial charge on any atom is -1.00 e. The molecule has 1 saturated heterocycles. The Labute approximate surface area is 286 Å². The number of hydrogen-bond acceptors (Lipinski definition) is 11. The van der Waals surface area contributed by atoms with Crippen molar-refractivity contribution < 1.29 is 109 Å². The van der Waals surface area contributed by atoms with Crippen LogP contribution in [0.1, 0.15) is 77.2 Å². The average Bonchev–Trinajstić information content (AvgIpc) is 2.87. The van der Waals surface area contributed by atoms with Gasteiger partial charge in [-0.3, -0.25) is 14.4 Å². The van der Waals surface area contributed by atoms with Crippen molar-refractivity contribution >= 4 is 29.8 Å². The van der Waals surface area contributed by atoms with Crippen molar-refractivity contribution in [3.8, 4) is 17.2 Å². The van der Waals surface area contributed by atoms with E-state index < -0.39 is 82.6 Å². The summed E-state index contributed by atoms with van der Waals surface area (Å²) in [7, 11) is 1.34. The van der Waals surface area contributed by atoms with E-state index in [4.69, 9.17) is 19.9 Å². The number of phenolic OH excluding ortho intramolecular Hbond substituents is 2. The molecule has 40 heavy (non-hydrogen) atoms. The Balaban J connectivity index is 0.00000196. The quantitative estimate of drug-likeness (QED) is 0.209. The summed E-state index contributed by atoms with van der Waals surface area (Å²) in [6, 6.07) is 3.75. The molecule has 13 heteroatoms. The number of methoxy groups -OCH3 is 1. The van der Waals surface area contributed by atoms with E-state index in [1.165, 1.54) is 32.2 Å². The van der Waals surface area contributed by atoms with Crippen molar-refractivity contribution in [2.45, 2.75) is 69.4 Å². The zero-order valence-electron chi connectivity index (χ0n) is 23.5. The normalized spacial score (nSPS) is 28.8. The van der Waals surface area contributed by atoms with Gasteiger partial charge in [0.1, 0.15) is 22.8 Å². The number of carbonyl (C=O) groups is 3. The smallest absolute Gasteiger partial charge is 1.00 e.